The van der Waals surface area contributed by atoms with Gasteiger partial charge in [0, 0.05) is 38.3 Å². The first-order valence-corrected chi connectivity index (χ1v) is 8.77. The van der Waals surface area contributed by atoms with Crippen LogP contribution in [0.4, 0.5) is 15.6 Å². The van der Waals surface area contributed by atoms with Gasteiger partial charge in [-0.05, 0) is 12.8 Å². The monoisotopic (exact) mass is 331 g/mol. The summed E-state index contributed by atoms with van der Waals surface area (Å²) in [6, 6.07) is 0.295. The molecule has 0 spiro atoms. The van der Waals surface area contributed by atoms with Crippen molar-refractivity contribution in [3.8, 4) is 0 Å². The Bertz CT molecular complexity index is 746. The lowest BCUT2D eigenvalue weighted by Crippen LogP contribution is -2.48. The summed E-state index contributed by atoms with van der Waals surface area (Å²) in [4.78, 5) is 15.7. The molecule has 0 unspecified atom stereocenters. The van der Waals surface area contributed by atoms with Gasteiger partial charge in [0.1, 0.15) is 5.01 Å². The van der Waals surface area contributed by atoms with E-state index in [0.717, 1.165) is 23.9 Å². The first-order valence-electron chi connectivity index (χ1n) is 7.96. The maximum absolute atomic E-state index is 11.7. The molecule has 1 N–H and O–H groups in total. The maximum atomic E-state index is 11.7. The van der Waals surface area contributed by atoms with Crippen molar-refractivity contribution in [3.05, 3.63) is 17.4 Å². The van der Waals surface area contributed by atoms with Gasteiger partial charge in [0.15, 0.2) is 0 Å². The lowest BCUT2D eigenvalue weighted by Gasteiger charge is -2.38. The minimum Gasteiger partial charge on any atom is -0.342 e. The number of rotatable bonds is 4. The summed E-state index contributed by atoms with van der Waals surface area (Å²) >= 11 is 1.72. The van der Waals surface area contributed by atoms with Crippen LogP contribution in [0.5, 0.6) is 0 Å². The molecule has 5 rings (SSSR count). The number of amides is 2. The zero-order valence-corrected chi connectivity index (χ0v) is 13.4. The van der Waals surface area contributed by atoms with Gasteiger partial charge in [0.2, 0.25) is 5.13 Å². The molecule has 9 heteroatoms. The molecule has 2 aromatic rings. The molecule has 1 saturated carbocycles. The van der Waals surface area contributed by atoms with Crippen LogP contribution in [0, 0.1) is 0 Å². The fraction of sp³-hybridized carbons (Fsp3) is 0.571. The predicted octanol–water partition coefficient (Wildman–Crippen LogP) is 1.20. The smallest absolute Gasteiger partial charge is 0.322 e. The third-order valence-corrected chi connectivity index (χ3v) is 5.77. The minimum atomic E-state index is -0.0405. The Hall–Kier alpha value is -2.16. The number of hydrogen-bond acceptors (Lipinski definition) is 6. The molecule has 3 aliphatic rings. The molecule has 23 heavy (non-hydrogen) atoms. The lowest BCUT2D eigenvalue weighted by atomic mass is 10.1. The van der Waals surface area contributed by atoms with E-state index in [1.807, 2.05) is 10.9 Å². The van der Waals surface area contributed by atoms with Crippen LogP contribution in [-0.4, -0.2) is 52.2 Å². The van der Waals surface area contributed by atoms with Crippen molar-refractivity contribution in [3.63, 3.8) is 0 Å². The number of hydrogen-bond donors (Lipinski definition) is 1. The first-order chi connectivity index (χ1) is 11.3. The number of aromatic nitrogens is 4. The summed E-state index contributed by atoms with van der Waals surface area (Å²) in [5.41, 5.74) is 0.866. The van der Waals surface area contributed by atoms with Crippen LogP contribution in [-0.2, 0) is 0 Å². The second kappa shape index (κ2) is 4.92. The molecule has 3 fully saturated rings. The third kappa shape index (κ3) is 2.26. The van der Waals surface area contributed by atoms with Crippen LogP contribution in [0.3, 0.4) is 0 Å². The third-order valence-electron chi connectivity index (χ3n) is 4.62. The Labute approximate surface area is 137 Å². The van der Waals surface area contributed by atoms with Crippen molar-refractivity contribution >= 4 is 28.2 Å². The fourth-order valence-electron chi connectivity index (χ4n) is 3.01. The number of anilines is 2. The van der Waals surface area contributed by atoms with Crippen LogP contribution < -0.4 is 15.1 Å². The largest absolute Gasteiger partial charge is 0.342 e. The van der Waals surface area contributed by atoms with Gasteiger partial charge in [-0.25, -0.2) is 4.79 Å². The van der Waals surface area contributed by atoms with Gasteiger partial charge in [0.25, 0.3) is 0 Å². The molecule has 2 aliphatic heterocycles. The van der Waals surface area contributed by atoms with Crippen LogP contribution >= 0.6 is 11.3 Å². The summed E-state index contributed by atoms with van der Waals surface area (Å²) in [5.74, 6) is 0.665. The first kappa shape index (κ1) is 13.3. The van der Waals surface area contributed by atoms with Crippen LogP contribution in [0.25, 0.3) is 0 Å². The van der Waals surface area contributed by atoms with Crippen molar-refractivity contribution in [2.45, 2.75) is 24.8 Å². The zero-order valence-electron chi connectivity index (χ0n) is 12.6. The quantitative estimate of drug-likeness (QED) is 0.911. The van der Waals surface area contributed by atoms with Crippen molar-refractivity contribution < 1.29 is 4.79 Å². The average molecular weight is 331 g/mol. The Morgan fingerprint density at radius 3 is 2.87 bits per heavy atom. The van der Waals surface area contributed by atoms with E-state index in [4.69, 9.17) is 0 Å². The van der Waals surface area contributed by atoms with Gasteiger partial charge in [-0.2, -0.15) is 5.10 Å². The predicted molar refractivity (Wildman–Crippen MR) is 86.1 cm³/mol. The fourth-order valence-corrected chi connectivity index (χ4v) is 4.04. The molecule has 120 valence electrons. The second-order valence-corrected chi connectivity index (χ2v) is 7.31. The summed E-state index contributed by atoms with van der Waals surface area (Å²) in [6.45, 7) is 3.19. The van der Waals surface area contributed by atoms with E-state index in [0.29, 0.717) is 25.0 Å². The molecule has 0 atom stereocenters. The molecule has 0 radical (unpaired) electrons. The average Bonchev–Trinajstić information content (AvgIpc) is 2.89. The minimum absolute atomic E-state index is 0.0405. The lowest BCUT2D eigenvalue weighted by molar-refractivity contribution is 0.252. The molecule has 8 nitrogen and oxygen atoms in total. The van der Waals surface area contributed by atoms with E-state index in [1.165, 1.54) is 17.8 Å². The molecular weight excluding hydrogens is 314 g/mol. The van der Waals surface area contributed by atoms with Crippen molar-refractivity contribution in [2.24, 2.45) is 0 Å². The van der Waals surface area contributed by atoms with E-state index in [-0.39, 0.29) is 6.03 Å². The van der Waals surface area contributed by atoms with Gasteiger partial charge in [-0.15, -0.1) is 10.2 Å². The number of nitrogens with one attached hydrogen (secondary N) is 1. The van der Waals surface area contributed by atoms with Crippen LogP contribution in [0.15, 0.2) is 12.4 Å². The molecular formula is C14H17N7OS. The highest BCUT2D eigenvalue weighted by atomic mass is 32.1. The molecule has 2 saturated heterocycles. The summed E-state index contributed by atoms with van der Waals surface area (Å²) in [7, 11) is 0. The number of urea groups is 1. The number of carbonyl (C=O) groups is 1. The van der Waals surface area contributed by atoms with Gasteiger partial charge in [-0.1, -0.05) is 11.3 Å². The number of carbonyl (C=O) groups excluding carboxylic acids is 1. The van der Waals surface area contributed by atoms with E-state index in [2.05, 4.69) is 25.5 Å². The van der Waals surface area contributed by atoms with Crippen LogP contribution in [0.1, 0.15) is 29.8 Å². The Morgan fingerprint density at radius 2 is 2.13 bits per heavy atom. The summed E-state index contributed by atoms with van der Waals surface area (Å²) in [6.07, 6.45) is 6.25. The number of nitrogens with zero attached hydrogens (tertiary/aromatic N) is 6. The molecule has 2 amide bonds. The van der Waals surface area contributed by atoms with Crippen molar-refractivity contribution in [1.82, 2.24) is 25.3 Å². The highest BCUT2D eigenvalue weighted by Gasteiger charge is 2.34. The topological polar surface area (TPSA) is 79.2 Å². The molecule has 0 bridgehead atoms. The highest BCUT2D eigenvalue weighted by molar-refractivity contribution is 7.15. The second-order valence-electron chi connectivity index (χ2n) is 6.32. The van der Waals surface area contributed by atoms with Crippen molar-refractivity contribution in [1.29, 1.82) is 0 Å². The van der Waals surface area contributed by atoms with Crippen molar-refractivity contribution in [2.75, 3.05) is 36.0 Å². The summed E-state index contributed by atoms with van der Waals surface area (Å²) < 4.78 is 1.96. The van der Waals surface area contributed by atoms with E-state index in [1.54, 1.807) is 22.4 Å². The Kier molecular flexibility index (Phi) is 2.84. The maximum Gasteiger partial charge on any atom is 0.322 e. The Morgan fingerprint density at radius 1 is 1.26 bits per heavy atom. The standard InChI is InChI=1S/C14H17N7OS/c22-13-15-3-4-20(13)10-5-16-21(8-10)11-6-19(7-11)14-18-17-12(23-14)9-1-2-9/h5,8-9,11H,1-4,6-7H2,(H,15,22). The molecule has 1 aliphatic carbocycles. The van der Waals surface area contributed by atoms with Gasteiger partial charge in [0.05, 0.1) is 17.9 Å². The van der Waals surface area contributed by atoms with E-state index < -0.39 is 0 Å². The van der Waals surface area contributed by atoms with Gasteiger partial charge >= 0.3 is 6.03 Å². The molecule has 0 aromatic carbocycles. The Balaban J connectivity index is 1.24. The molecule has 4 heterocycles. The SMILES string of the molecule is O=C1NCCN1c1cnn(C2CN(c3nnc(C4CC4)s3)C2)c1. The van der Waals surface area contributed by atoms with E-state index >= 15 is 0 Å². The normalized spacial score (nSPS) is 21.7. The highest BCUT2D eigenvalue weighted by Crippen LogP contribution is 2.43. The van der Waals surface area contributed by atoms with Crippen LogP contribution in [0.2, 0.25) is 0 Å². The van der Waals surface area contributed by atoms with Gasteiger partial charge < -0.3 is 10.2 Å². The zero-order chi connectivity index (χ0) is 15.4. The van der Waals surface area contributed by atoms with E-state index in [9.17, 15) is 4.79 Å². The molecule has 2 aromatic heterocycles. The summed E-state index contributed by atoms with van der Waals surface area (Å²) in [5, 5.41) is 18.0. The van der Waals surface area contributed by atoms with Gasteiger partial charge in [-0.3, -0.25) is 9.58 Å².